The van der Waals surface area contributed by atoms with Crippen molar-refractivity contribution in [2.24, 2.45) is 5.73 Å². The van der Waals surface area contributed by atoms with Crippen molar-refractivity contribution in [3.05, 3.63) is 23.0 Å². The SMILES string of the molecule is COc1cc(C(N)=O)c(C(F)F)nc1C#N. The van der Waals surface area contributed by atoms with E-state index in [0.717, 1.165) is 6.07 Å². The highest BCUT2D eigenvalue weighted by Gasteiger charge is 2.22. The number of carbonyl (C=O) groups is 1. The molecule has 0 fully saturated rings. The zero-order chi connectivity index (χ0) is 12.3. The van der Waals surface area contributed by atoms with Crippen LogP contribution in [0.2, 0.25) is 0 Å². The minimum Gasteiger partial charge on any atom is -0.494 e. The van der Waals surface area contributed by atoms with Crippen LogP contribution in [0.1, 0.15) is 28.2 Å². The van der Waals surface area contributed by atoms with E-state index in [4.69, 9.17) is 15.7 Å². The molecule has 16 heavy (non-hydrogen) atoms. The smallest absolute Gasteiger partial charge is 0.281 e. The Kier molecular flexibility index (Phi) is 3.35. The number of nitrogens with two attached hydrogens (primary N) is 1. The van der Waals surface area contributed by atoms with Crippen LogP contribution in [-0.2, 0) is 0 Å². The predicted octanol–water partition coefficient (Wildman–Crippen LogP) is 0.998. The summed E-state index contributed by atoms with van der Waals surface area (Å²) in [5.74, 6) is -1.12. The van der Waals surface area contributed by atoms with Crippen LogP contribution >= 0.6 is 0 Å². The molecule has 1 heterocycles. The predicted molar refractivity (Wildman–Crippen MR) is 49.0 cm³/mol. The average Bonchev–Trinajstić information content (AvgIpc) is 2.26. The molecule has 0 radical (unpaired) electrons. The van der Waals surface area contributed by atoms with Crippen molar-refractivity contribution >= 4 is 5.91 Å². The standard InChI is InChI=1S/C9H7F2N3O2/c1-16-6-2-4(9(13)15)7(8(10)11)14-5(6)3-12/h2,8H,1H3,(H2,13,15). The van der Waals surface area contributed by atoms with E-state index >= 15 is 0 Å². The number of nitrogens with zero attached hydrogens (tertiary/aromatic N) is 2. The monoisotopic (exact) mass is 227 g/mol. The molecule has 5 nitrogen and oxygen atoms in total. The van der Waals surface area contributed by atoms with Crippen LogP contribution in [0.15, 0.2) is 6.07 Å². The first kappa shape index (κ1) is 11.8. The molecule has 0 aromatic carbocycles. The van der Waals surface area contributed by atoms with E-state index in [1.54, 1.807) is 6.07 Å². The number of halogens is 2. The molecule has 0 bridgehead atoms. The number of nitriles is 1. The highest BCUT2D eigenvalue weighted by atomic mass is 19.3. The Morgan fingerprint density at radius 3 is 2.69 bits per heavy atom. The van der Waals surface area contributed by atoms with Gasteiger partial charge >= 0.3 is 0 Å². The summed E-state index contributed by atoms with van der Waals surface area (Å²) in [6, 6.07) is 2.57. The van der Waals surface area contributed by atoms with Gasteiger partial charge in [0.15, 0.2) is 11.4 Å². The first-order valence-electron chi connectivity index (χ1n) is 4.08. The summed E-state index contributed by atoms with van der Waals surface area (Å²) in [4.78, 5) is 14.3. The largest absolute Gasteiger partial charge is 0.494 e. The molecule has 84 valence electrons. The highest BCUT2D eigenvalue weighted by Crippen LogP contribution is 2.26. The van der Waals surface area contributed by atoms with Crippen molar-refractivity contribution in [3.8, 4) is 11.8 Å². The van der Waals surface area contributed by atoms with Crippen molar-refractivity contribution in [1.29, 1.82) is 5.26 Å². The van der Waals surface area contributed by atoms with E-state index in [9.17, 15) is 13.6 Å². The van der Waals surface area contributed by atoms with E-state index in [1.165, 1.54) is 7.11 Å². The maximum atomic E-state index is 12.5. The third-order valence-corrected chi connectivity index (χ3v) is 1.82. The molecule has 0 spiro atoms. The highest BCUT2D eigenvalue weighted by molar-refractivity contribution is 5.94. The molecule has 1 aromatic heterocycles. The van der Waals surface area contributed by atoms with Gasteiger partial charge in [-0.1, -0.05) is 0 Å². The fourth-order valence-corrected chi connectivity index (χ4v) is 1.11. The summed E-state index contributed by atoms with van der Waals surface area (Å²) in [5, 5.41) is 8.63. The van der Waals surface area contributed by atoms with E-state index in [-0.39, 0.29) is 11.4 Å². The number of aromatic nitrogens is 1. The van der Waals surface area contributed by atoms with Gasteiger partial charge in [0.05, 0.1) is 12.7 Å². The Bertz CT molecular complexity index is 469. The van der Waals surface area contributed by atoms with Crippen molar-refractivity contribution in [3.63, 3.8) is 0 Å². The Labute approximate surface area is 89.4 Å². The Morgan fingerprint density at radius 2 is 2.31 bits per heavy atom. The number of methoxy groups -OCH3 is 1. The molecule has 0 atom stereocenters. The van der Waals surface area contributed by atoms with Crippen LogP contribution in [0, 0.1) is 11.3 Å². The number of hydrogen-bond acceptors (Lipinski definition) is 4. The van der Waals surface area contributed by atoms with Crippen LogP contribution in [0.5, 0.6) is 5.75 Å². The van der Waals surface area contributed by atoms with E-state index < -0.39 is 23.6 Å². The second-order valence-corrected chi connectivity index (χ2v) is 2.75. The molecule has 0 unspecified atom stereocenters. The van der Waals surface area contributed by atoms with Gasteiger partial charge in [-0.15, -0.1) is 0 Å². The molecule has 0 aliphatic heterocycles. The third-order valence-electron chi connectivity index (χ3n) is 1.82. The van der Waals surface area contributed by atoms with Gasteiger partial charge in [-0.3, -0.25) is 4.79 Å². The van der Waals surface area contributed by atoms with E-state index in [0.29, 0.717) is 0 Å². The van der Waals surface area contributed by atoms with Crippen molar-refractivity contribution in [1.82, 2.24) is 4.98 Å². The third kappa shape index (κ3) is 2.06. The van der Waals surface area contributed by atoms with Gasteiger partial charge in [0.2, 0.25) is 0 Å². The lowest BCUT2D eigenvalue weighted by atomic mass is 10.1. The van der Waals surface area contributed by atoms with Crippen LogP contribution < -0.4 is 10.5 Å². The summed E-state index contributed by atoms with van der Waals surface area (Å²) in [7, 11) is 1.23. The number of ether oxygens (including phenoxy) is 1. The van der Waals surface area contributed by atoms with E-state index in [1.807, 2.05) is 0 Å². The van der Waals surface area contributed by atoms with Crippen LogP contribution in [0.25, 0.3) is 0 Å². The van der Waals surface area contributed by atoms with Gasteiger partial charge in [0.1, 0.15) is 11.8 Å². The molecule has 7 heteroatoms. The quantitative estimate of drug-likeness (QED) is 0.834. The number of amides is 1. The summed E-state index contributed by atoms with van der Waals surface area (Å²) in [6.45, 7) is 0. The summed E-state index contributed by atoms with van der Waals surface area (Å²) >= 11 is 0. The fourth-order valence-electron chi connectivity index (χ4n) is 1.11. The lowest BCUT2D eigenvalue weighted by Gasteiger charge is -2.08. The molecular formula is C9H7F2N3O2. The summed E-state index contributed by atoms with van der Waals surface area (Å²) in [6.07, 6.45) is -2.99. The number of pyridine rings is 1. The number of rotatable bonds is 3. The first-order chi connectivity index (χ1) is 7.51. The minimum absolute atomic E-state index is 0.0688. The zero-order valence-electron chi connectivity index (χ0n) is 8.20. The number of alkyl halides is 2. The maximum absolute atomic E-state index is 12.5. The maximum Gasteiger partial charge on any atom is 0.281 e. The Balaban J connectivity index is 3.49. The second kappa shape index (κ2) is 4.53. The molecule has 0 saturated carbocycles. The molecule has 1 rings (SSSR count). The van der Waals surface area contributed by atoms with Gasteiger partial charge in [-0.25, -0.2) is 13.8 Å². The molecule has 0 aliphatic rings. The zero-order valence-corrected chi connectivity index (χ0v) is 8.20. The molecule has 1 aromatic rings. The van der Waals surface area contributed by atoms with Gasteiger partial charge in [-0.05, 0) is 6.07 Å². The fraction of sp³-hybridized carbons (Fsp3) is 0.222. The van der Waals surface area contributed by atoms with Crippen molar-refractivity contribution in [2.45, 2.75) is 6.43 Å². The molecule has 0 aliphatic carbocycles. The Hall–Kier alpha value is -2.23. The van der Waals surface area contributed by atoms with Crippen LogP contribution in [0.4, 0.5) is 8.78 Å². The van der Waals surface area contributed by atoms with Gasteiger partial charge < -0.3 is 10.5 Å². The van der Waals surface area contributed by atoms with Crippen molar-refractivity contribution in [2.75, 3.05) is 7.11 Å². The summed E-state index contributed by atoms with van der Waals surface area (Å²) in [5.41, 5.74) is 3.33. The lowest BCUT2D eigenvalue weighted by molar-refractivity contribution is 0.0982. The van der Waals surface area contributed by atoms with Crippen LogP contribution in [0.3, 0.4) is 0 Å². The van der Waals surface area contributed by atoms with Gasteiger partial charge in [-0.2, -0.15) is 5.26 Å². The van der Waals surface area contributed by atoms with Crippen molar-refractivity contribution < 1.29 is 18.3 Å². The topological polar surface area (TPSA) is 89.0 Å². The van der Waals surface area contributed by atoms with Gasteiger partial charge in [0.25, 0.3) is 12.3 Å². The number of carbonyl (C=O) groups excluding carboxylic acids is 1. The molecule has 0 saturated heterocycles. The summed E-state index contributed by atoms with van der Waals surface area (Å²) < 4.78 is 29.8. The first-order valence-corrected chi connectivity index (χ1v) is 4.08. The van der Waals surface area contributed by atoms with Crippen LogP contribution in [-0.4, -0.2) is 18.0 Å². The minimum atomic E-state index is -2.99. The number of hydrogen-bond donors (Lipinski definition) is 1. The average molecular weight is 227 g/mol. The number of primary amides is 1. The normalized spacial score (nSPS) is 9.94. The lowest BCUT2D eigenvalue weighted by Crippen LogP contribution is -2.16. The van der Waals surface area contributed by atoms with E-state index in [2.05, 4.69) is 4.98 Å². The molecular weight excluding hydrogens is 220 g/mol. The second-order valence-electron chi connectivity index (χ2n) is 2.75. The molecule has 2 N–H and O–H groups in total. The Morgan fingerprint density at radius 1 is 1.69 bits per heavy atom. The molecule has 1 amide bonds. The van der Waals surface area contributed by atoms with Gasteiger partial charge in [0, 0.05) is 0 Å².